The van der Waals surface area contributed by atoms with Crippen LogP contribution in [-0.4, -0.2) is 40.3 Å². The molecule has 3 unspecified atom stereocenters. The van der Waals surface area contributed by atoms with Crippen molar-refractivity contribution in [3.63, 3.8) is 0 Å². The minimum atomic E-state index is -0.653. The quantitative estimate of drug-likeness (QED) is 0.695. The second-order valence-electron chi connectivity index (χ2n) is 6.09. The van der Waals surface area contributed by atoms with E-state index in [4.69, 9.17) is 13.9 Å². The summed E-state index contributed by atoms with van der Waals surface area (Å²) >= 11 is 0. The molecule has 0 spiro atoms. The van der Waals surface area contributed by atoms with Crippen LogP contribution < -0.4 is 10.2 Å². The second-order valence-corrected chi connectivity index (χ2v) is 6.09. The molecule has 7 nitrogen and oxygen atoms in total. The molecule has 2 aliphatic heterocycles. The number of aliphatic hydroxyl groups is 2. The number of ether oxygens (including phenoxy) is 2. The Morgan fingerprint density at radius 1 is 1.20 bits per heavy atom. The van der Waals surface area contributed by atoms with Crippen LogP contribution in [0.5, 0.6) is 5.75 Å². The lowest BCUT2D eigenvalue weighted by atomic mass is 10.1. The van der Waals surface area contributed by atoms with Gasteiger partial charge >= 0.3 is 0 Å². The van der Waals surface area contributed by atoms with E-state index in [1.165, 1.54) is 12.1 Å². The molecule has 1 aromatic carbocycles. The summed E-state index contributed by atoms with van der Waals surface area (Å²) in [6, 6.07) is 9.60. The number of aliphatic hydroxyl groups excluding tert-OH is 2. The van der Waals surface area contributed by atoms with Gasteiger partial charge in [-0.3, -0.25) is 4.79 Å². The Balaban J connectivity index is 1.63. The average molecular weight is 343 g/mol. The highest BCUT2D eigenvalue weighted by Gasteiger charge is 2.29. The fourth-order valence-electron chi connectivity index (χ4n) is 2.95. The summed E-state index contributed by atoms with van der Waals surface area (Å²) in [4.78, 5) is 15.9. The third-order valence-electron chi connectivity index (χ3n) is 4.14. The van der Waals surface area contributed by atoms with Crippen LogP contribution in [0.1, 0.15) is 12.8 Å². The van der Waals surface area contributed by atoms with Gasteiger partial charge in [0.15, 0.2) is 16.8 Å². The van der Waals surface area contributed by atoms with Crippen molar-refractivity contribution in [3.05, 3.63) is 46.6 Å². The molecule has 25 heavy (non-hydrogen) atoms. The SMILES string of the molecule is O=c1ccc2nc3ccc(OC4CC(O)CC(CO)O4)cc3oc-2c1. The maximum absolute atomic E-state index is 11.5. The van der Waals surface area contributed by atoms with Gasteiger partial charge in [0.05, 0.1) is 18.8 Å². The summed E-state index contributed by atoms with van der Waals surface area (Å²) in [5.74, 6) is 0.897. The van der Waals surface area contributed by atoms with Gasteiger partial charge in [-0.05, 0) is 24.3 Å². The summed E-state index contributed by atoms with van der Waals surface area (Å²) in [5, 5.41) is 19.1. The highest BCUT2D eigenvalue weighted by molar-refractivity contribution is 5.77. The first-order chi connectivity index (χ1) is 12.1. The summed E-state index contributed by atoms with van der Waals surface area (Å²) < 4.78 is 17.1. The Morgan fingerprint density at radius 2 is 2.08 bits per heavy atom. The average Bonchev–Trinajstić information content (AvgIpc) is 2.59. The first-order valence-corrected chi connectivity index (χ1v) is 8.06. The number of hydrogen-bond acceptors (Lipinski definition) is 7. The fourth-order valence-corrected chi connectivity index (χ4v) is 2.95. The lowest BCUT2D eigenvalue weighted by molar-refractivity contribution is -0.184. The van der Waals surface area contributed by atoms with Crippen molar-refractivity contribution >= 4 is 11.1 Å². The van der Waals surface area contributed by atoms with Crippen LogP contribution in [0.15, 0.2) is 45.6 Å². The molecule has 0 bridgehead atoms. The van der Waals surface area contributed by atoms with E-state index in [2.05, 4.69) is 4.98 Å². The topological polar surface area (TPSA) is 102 Å². The number of rotatable bonds is 3. The molecular formula is C18H17NO6. The van der Waals surface area contributed by atoms with E-state index in [0.29, 0.717) is 41.1 Å². The minimum Gasteiger partial charge on any atom is -0.465 e. The van der Waals surface area contributed by atoms with Gasteiger partial charge in [0.25, 0.3) is 0 Å². The molecule has 1 saturated heterocycles. The third-order valence-corrected chi connectivity index (χ3v) is 4.14. The first-order valence-electron chi connectivity index (χ1n) is 8.06. The fraction of sp³-hybridized carbons (Fsp3) is 0.333. The zero-order valence-corrected chi connectivity index (χ0v) is 13.3. The van der Waals surface area contributed by atoms with Gasteiger partial charge in [0.1, 0.15) is 17.0 Å². The maximum Gasteiger partial charge on any atom is 0.202 e. The molecule has 1 aromatic rings. The van der Waals surface area contributed by atoms with E-state index in [1.54, 1.807) is 24.3 Å². The lowest BCUT2D eigenvalue weighted by Gasteiger charge is -2.32. The van der Waals surface area contributed by atoms with Crippen molar-refractivity contribution in [1.29, 1.82) is 0 Å². The van der Waals surface area contributed by atoms with E-state index in [9.17, 15) is 15.0 Å². The van der Waals surface area contributed by atoms with E-state index in [0.717, 1.165) is 0 Å². The standard InChI is InChI=1S/C18H17NO6/c20-9-13-5-11(22)7-18(24-13)23-12-2-4-15-17(8-12)25-16-6-10(21)1-3-14(16)19-15/h1-4,6,8,11,13,18,20,22H,5,7,9H2. The van der Waals surface area contributed by atoms with Crippen LogP contribution in [0.3, 0.4) is 0 Å². The molecule has 4 rings (SSSR count). The number of fused-ring (bicyclic) bond motifs is 2. The van der Waals surface area contributed by atoms with E-state index < -0.39 is 18.5 Å². The molecule has 0 aromatic heterocycles. The largest absolute Gasteiger partial charge is 0.465 e. The zero-order chi connectivity index (χ0) is 17.4. The number of nitrogens with zero attached hydrogens (tertiary/aromatic N) is 1. The summed E-state index contributed by atoms with van der Waals surface area (Å²) in [6.07, 6.45) is -0.972. The van der Waals surface area contributed by atoms with Gasteiger partial charge in [0, 0.05) is 25.0 Å². The van der Waals surface area contributed by atoms with Crippen molar-refractivity contribution in [3.8, 4) is 17.2 Å². The maximum atomic E-state index is 11.5. The molecule has 1 fully saturated rings. The molecule has 2 heterocycles. The van der Waals surface area contributed by atoms with E-state index >= 15 is 0 Å². The number of hydrogen-bond donors (Lipinski definition) is 2. The van der Waals surface area contributed by atoms with Gasteiger partial charge in [-0.1, -0.05) is 0 Å². The van der Waals surface area contributed by atoms with Crippen molar-refractivity contribution < 1.29 is 24.1 Å². The van der Waals surface area contributed by atoms with Gasteiger partial charge in [-0.25, -0.2) is 4.98 Å². The lowest BCUT2D eigenvalue weighted by Crippen LogP contribution is -2.40. The van der Waals surface area contributed by atoms with Gasteiger partial charge in [-0.2, -0.15) is 0 Å². The van der Waals surface area contributed by atoms with Crippen molar-refractivity contribution in [1.82, 2.24) is 4.98 Å². The normalized spacial score (nSPS) is 23.8. The highest BCUT2D eigenvalue weighted by Crippen LogP contribution is 2.28. The number of aromatic nitrogens is 1. The Labute approximate surface area is 142 Å². The molecule has 3 aliphatic rings. The summed E-state index contributed by atoms with van der Waals surface area (Å²) in [5.41, 5.74) is 1.57. The van der Waals surface area contributed by atoms with Gasteiger partial charge < -0.3 is 24.1 Å². The van der Waals surface area contributed by atoms with Crippen molar-refractivity contribution in [2.45, 2.75) is 31.3 Å². The minimum absolute atomic E-state index is 0.149. The van der Waals surface area contributed by atoms with Crippen molar-refractivity contribution in [2.75, 3.05) is 6.61 Å². The monoisotopic (exact) mass is 343 g/mol. The van der Waals surface area contributed by atoms with Crippen LogP contribution in [0.2, 0.25) is 0 Å². The smallest absolute Gasteiger partial charge is 0.202 e. The van der Waals surface area contributed by atoms with Crippen LogP contribution >= 0.6 is 0 Å². The van der Waals surface area contributed by atoms with Crippen LogP contribution in [-0.2, 0) is 4.74 Å². The first kappa shape index (κ1) is 16.0. The van der Waals surface area contributed by atoms with Crippen LogP contribution in [0.25, 0.3) is 22.6 Å². The van der Waals surface area contributed by atoms with Crippen LogP contribution in [0, 0.1) is 0 Å². The molecule has 2 N–H and O–H groups in total. The van der Waals surface area contributed by atoms with Crippen LogP contribution in [0.4, 0.5) is 0 Å². The summed E-state index contributed by atoms with van der Waals surface area (Å²) in [6.45, 7) is -0.169. The Morgan fingerprint density at radius 3 is 2.92 bits per heavy atom. The number of benzene rings is 2. The molecular weight excluding hydrogens is 326 g/mol. The Kier molecular flexibility index (Phi) is 4.12. The molecule has 130 valence electrons. The van der Waals surface area contributed by atoms with E-state index in [1.807, 2.05) is 0 Å². The molecule has 3 atom stereocenters. The molecule has 0 radical (unpaired) electrons. The summed E-state index contributed by atoms with van der Waals surface area (Å²) in [7, 11) is 0. The molecule has 7 heteroatoms. The Hall–Kier alpha value is -2.48. The predicted molar refractivity (Wildman–Crippen MR) is 88.5 cm³/mol. The molecule has 1 aliphatic carbocycles. The third kappa shape index (κ3) is 3.34. The zero-order valence-electron chi connectivity index (χ0n) is 13.3. The predicted octanol–water partition coefficient (Wildman–Crippen LogP) is 1.53. The second kappa shape index (κ2) is 6.44. The van der Waals surface area contributed by atoms with Crippen molar-refractivity contribution in [2.24, 2.45) is 0 Å². The van der Waals surface area contributed by atoms with Gasteiger partial charge in [-0.15, -0.1) is 0 Å². The van der Waals surface area contributed by atoms with E-state index in [-0.39, 0.29) is 12.0 Å². The highest BCUT2D eigenvalue weighted by atomic mass is 16.7. The molecule has 0 amide bonds. The molecule has 0 saturated carbocycles. The van der Waals surface area contributed by atoms with Gasteiger partial charge in [0.2, 0.25) is 6.29 Å². The Bertz CT molecular complexity index is 923.